The summed E-state index contributed by atoms with van der Waals surface area (Å²) in [6.07, 6.45) is 1.91. The molecule has 0 saturated carbocycles. The monoisotopic (exact) mass is 926 g/mol. The molecule has 0 aliphatic heterocycles. The zero-order valence-electron chi connectivity index (χ0n) is 37.9. The fourth-order valence-electron chi connectivity index (χ4n) is 11.3. The summed E-state index contributed by atoms with van der Waals surface area (Å²) in [6, 6.07) is 91.0. The Labute approximate surface area is 409 Å². The van der Waals surface area contributed by atoms with Gasteiger partial charge < -0.3 is 4.57 Å². The standard InChI is InChI=1S/C64H42N4SSi/c1-5-19-46(20-6-1)67-59-36-33-44(42-55(59)62-60(67)37-34-53-52-29-14-16-31-61(52)69-63(53)62)43-32-35-58-54(41-43)51-28-13-15-30-57(51)68(58)64-65-39-38-56(66-64)45-18-17-27-50(40-45)70(47-21-7-2-8-22-47,48-23-9-3-10-24-48)49-25-11-4-12-26-49/h1-42H/q-1. The second kappa shape index (κ2) is 16.2. The fraction of sp³-hybridized carbons (Fsp3) is 0. The maximum absolute atomic E-state index is 5.40. The molecule has 0 bridgehead atoms. The highest BCUT2D eigenvalue weighted by atomic mass is 32.1. The number of hydrogen-bond acceptors (Lipinski definition) is 3. The van der Waals surface area contributed by atoms with E-state index in [0.29, 0.717) is 5.95 Å². The molecule has 70 heavy (non-hydrogen) atoms. The number of aromatic nitrogens is 4. The van der Waals surface area contributed by atoms with E-state index in [2.05, 4.69) is 252 Å². The van der Waals surface area contributed by atoms with Gasteiger partial charge in [0.25, 0.3) is 0 Å². The molecule has 4 nitrogen and oxygen atoms in total. The van der Waals surface area contributed by atoms with E-state index in [1.165, 1.54) is 68.3 Å². The highest BCUT2D eigenvalue weighted by molar-refractivity contribution is 7.26. The van der Waals surface area contributed by atoms with Crippen LogP contribution in [-0.2, 0) is 0 Å². The minimum Gasteiger partial charge on any atom is -0.309 e. The summed E-state index contributed by atoms with van der Waals surface area (Å²) >= 11 is 1.89. The molecule has 0 aliphatic rings. The van der Waals surface area contributed by atoms with Gasteiger partial charge in [0.15, 0.2) is 0 Å². The highest BCUT2D eigenvalue weighted by Crippen LogP contribution is 2.44. The first-order chi connectivity index (χ1) is 34.7. The Morgan fingerprint density at radius 2 is 0.914 bits per heavy atom. The Hall–Kier alpha value is -8.68. The maximum Gasteiger partial charge on any atom is 0.235 e. The second-order valence-electron chi connectivity index (χ2n) is 18.1. The summed E-state index contributed by atoms with van der Waals surface area (Å²) < 4.78 is 7.29. The van der Waals surface area contributed by atoms with Crippen LogP contribution in [0.25, 0.3) is 97.8 Å². The summed E-state index contributed by atoms with van der Waals surface area (Å²) in [5.41, 5.74) is 9.98. The molecule has 0 unspecified atom stereocenters. The highest BCUT2D eigenvalue weighted by Gasteiger charge is 2.28. The minimum atomic E-state index is -2.75. The molecular weight excluding hydrogens is 885 g/mol. The van der Waals surface area contributed by atoms with E-state index in [9.17, 15) is 0 Å². The van der Waals surface area contributed by atoms with Gasteiger partial charge in [-0.3, -0.25) is 4.57 Å². The van der Waals surface area contributed by atoms with Crippen molar-refractivity contribution in [3.05, 3.63) is 255 Å². The van der Waals surface area contributed by atoms with Gasteiger partial charge in [0.2, 0.25) is 5.95 Å². The van der Waals surface area contributed by atoms with Gasteiger partial charge in [0.1, 0.15) is 0 Å². The van der Waals surface area contributed by atoms with Gasteiger partial charge in [0.05, 0.1) is 27.8 Å². The lowest BCUT2D eigenvalue weighted by Gasteiger charge is -2.47. The lowest BCUT2D eigenvalue weighted by Crippen LogP contribution is -2.74. The second-order valence-corrected chi connectivity index (χ2v) is 23.0. The van der Waals surface area contributed by atoms with Crippen LogP contribution in [-0.4, -0.2) is 27.2 Å². The molecular formula is C64H42N4SSi-. The van der Waals surface area contributed by atoms with Crippen LogP contribution >= 0.6 is 11.3 Å². The van der Waals surface area contributed by atoms with Crippen molar-refractivity contribution in [2.24, 2.45) is 0 Å². The van der Waals surface area contributed by atoms with E-state index < -0.39 is 8.07 Å². The largest absolute Gasteiger partial charge is 0.309 e. The third-order valence-electron chi connectivity index (χ3n) is 14.3. The number of nitrogens with zero attached hydrogens (tertiary/aromatic N) is 4. The van der Waals surface area contributed by atoms with E-state index in [1.807, 2.05) is 23.6 Å². The quantitative estimate of drug-likeness (QED) is 0.112. The first-order valence-electron chi connectivity index (χ1n) is 23.8. The molecule has 0 atom stereocenters. The van der Waals surface area contributed by atoms with Gasteiger partial charge >= 0.3 is 0 Å². The summed E-state index contributed by atoms with van der Waals surface area (Å²) in [6.45, 7) is 0. The summed E-state index contributed by atoms with van der Waals surface area (Å²) in [5, 5.41) is 12.8. The van der Waals surface area contributed by atoms with E-state index >= 15 is 0 Å². The molecule has 0 amide bonds. The number of para-hydroxylation sites is 2. The van der Waals surface area contributed by atoms with Crippen LogP contribution in [0.1, 0.15) is 0 Å². The molecule has 14 aromatic rings. The molecule has 0 aliphatic carbocycles. The third kappa shape index (κ3) is 6.20. The number of thiophene rings is 1. The molecule has 14 rings (SSSR count). The van der Waals surface area contributed by atoms with Gasteiger partial charge in [-0.1, -0.05) is 188 Å². The van der Waals surface area contributed by atoms with Crippen molar-refractivity contribution in [1.29, 1.82) is 0 Å². The summed E-state index contributed by atoms with van der Waals surface area (Å²) in [5.74, 6) is 0.641. The molecule has 4 heterocycles. The van der Waals surface area contributed by atoms with Gasteiger partial charge in [-0.05, 0) is 85.4 Å². The van der Waals surface area contributed by atoms with E-state index in [1.54, 1.807) is 0 Å². The molecule has 4 aromatic heterocycles. The van der Waals surface area contributed by atoms with E-state index in [0.717, 1.165) is 44.3 Å². The molecule has 0 N–H and O–H groups in total. The van der Waals surface area contributed by atoms with Crippen LogP contribution in [0.3, 0.4) is 0 Å². The van der Waals surface area contributed by atoms with Crippen molar-refractivity contribution in [3.63, 3.8) is 0 Å². The number of hydrogen-bond donors (Lipinski definition) is 0. The lowest BCUT2D eigenvalue weighted by atomic mass is 10.00. The number of fused-ring (bicyclic) bond motifs is 10. The first-order valence-corrected chi connectivity index (χ1v) is 26.6. The van der Waals surface area contributed by atoms with Crippen molar-refractivity contribution in [3.8, 4) is 34.0 Å². The predicted octanol–water partition coefficient (Wildman–Crippen LogP) is 13.8. The molecule has 10 aromatic carbocycles. The predicted molar refractivity (Wildman–Crippen MR) is 298 cm³/mol. The van der Waals surface area contributed by atoms with Crippen LogP contribution < -0.4 is 20.7 Å². The Balaban J connectivity index is 0.914. The van der Waals surface area contributed by atoms with Crippen LogP contribution in [0.2, 0.25) is 0 Å². The molecule has 0 saturated heterocycles. The number of benzene rings is 10. The van der Waals surface area contributed by atoms with Crippen LogP contribution in [0.15, 0.2) is 255 Å². The van der Waals surface area contributed by atoms with Crippen molar-refractivity contribution >= 4 is 104 Å². The Morgan fingerprint density at radius 3 is 1.61 bits per heavy atom. The van der Waals surface area contributed by atoms with Gasteiger partial charge in [-0.15, -0.1) is 11.3 Å². The van der Waals surface area contributed by atoms with Crippen molar-refractivity contribution in [2.75, 3.05) is 0 Å². The Morgan fingerprint density at radius 1 is 0.357 bits per heavy atom. The Bertz CT molecular complexity index is 4200. The molecule has 329 valence electrons. The first kappa shape index (κ1) is 40.4. The zero-order valence-corrected chi connectivity index (χ0v) is 39.8. The smallest absolute Gasteiger partial charge is 0.235 e. The topological polar surface area (TPSA) is 35.6 Å². The van der Waals surface area contributed by atoms with E-state index in [-0.39, 0.29) is 0 Å². The molecule has 6 heteroatoms. The van der Waals surface area contributed by atoms with Gasteiger partial charge in [-0.2, -0.15) is 20.7 Å². The summed E-state index contributed by atoms with van der Waals surface area (Å²) in [7, 11) is -2.75. The third-order valence-corrected chi connectivity index (χ3v) is 20.3. The van der Waals surface area contributed by atoms with E-state index in [4.69, 9.17) is 9.97 Å². The normalized spacial score (nSPS) is 12.0. The van der Waals surface area contributed by atoms with Gasteiger partial charge in [0, 0.05) is 53.6 Å². The van der Waals surface area contributed by atoms with Gasteiger partial charge in [-0.25, -0.2) is 9.97 Å². The SMILES string of the molecule is c1ccc(-n2c3ccc(-c4ccc5c(c4)c4ccccc4n5-c4nccc(-c5cccc([Si-](c6ccccc6)(c6ccccc6)c6ccccc6)c5)n4)cc3c3c4sc5ccccc5c4ccc32)cc1. The summed E-state index contributed by atoms with van der Waals surface area (Å²) in [4.78, 5) is 10.4. The molecule has 0 fully saturated rings. The van der Waals surface area contributed by atoms with Crippen LogP contribution in [0, 0.1) is 0 Å². The average Bonchev–Trinajstić information content (AvgIpc) is 4.10. The zero-order chi connectivity index (χ0) is 46.2. The maximum atomic E-state index is 5.40. The van der Waals surface area contributed by atoms with Crippen molar-refractivity contribution in [1.82, 2.24) is 19.1 Å². The minimum absolute atomic E-state index is 0.641. The van der Waals surface area contributed by atoms with Crippen LogP contribution in [0.4, 0.5) is 0 Å². The fourth-order valence-corrected chi connectivity index (χ4v) is 17.3. The average molecular weight is 927 g/mol. The Kier molecular flexibility index (Phi) is 9.37. The van der Waals surface area contributed by atoms with Crippen LogP contribution in [0.5, 0.6) is 0 Å². The van der Waals surface area contributed by atoms with Crippen molar-refractivity contribution < 1.29 is 0 Å². The molecule has 0 radical (unpaired) electrons. The number of rotatable bonds is 8. The van der Waals surface area contributed by atoms with Crippen molar-refractivity contribution in [2.45, 2.75) is 0 Å². The molecule has 0 spiro atoms. The lowest BCUT2D eigenvalue weighted by molar-refractivity contribution is 0.992.